The number of hydrogen-bond donors (Lipinski definition) is 0. The molecule has 24 heavy (non-hydrogen) atoms. The summed E-state index contributed by atoms with van der Waals surface area (Å²) in [5.74, 6) is 0.301. The Hall–Kier alpha value is -2.41. The second kappa shape index (κ2) is 7.00. The predicted molar refractivity (Wildman–Crippen MR) is 93.2 cm³/mol. The Balaban J connectivity index is 1.57. The predicted octanol–water partition coefficient (Wildman–Crippen LogP) is 3.28. The number of carbonyl (C=O) groups excluding carboxylic acids is 1. The smallest absolute Gasteiger partial charge is 0.339 e. The van der Waals surface area contributed by atoms with Crippen molar-refractivity contribution in [1.82, 2.24) is 14.8 Å². The molecule has 1 aromatic carbocycles. The van der Waals surface area contributed by atoms with Crippen LogP contribution in [0, 0.1) is 6.92 Å². The number of esters is 1. The first-order chi connectivity index (χ1) is 11.5. The Bertz CT molecular complexity index is 875. The van der Waals surface area contributed by atoms with Crippen LogP contribution in [0.4, 0.5) is 0 Å². The van der Waals surface area contributed by atoms with Gasteiger partial charge in [-0.3, -0.25) is 4.68 Å². The van der Waals surface area contributed by atoms with E-state index in [0.717, 1.165) is 26.9 Å². The number of carbonyl (C=O) groups is 1. The van der Waals surface area contributed by atoms with Crippen LogP contribution in [0.1, 0.15) is 16.1 Å². The van der Waals surface area contributed by atoms with Gasteiger partial charge in [-0.1, -0.05) is 15.9 Å². The zero-order chi connectivity index (χ0) is 17.1. The van der Waals surface area contributed by atoms with Gasteiger partial charge in [0.15, 0.2) is 5.65 Å². The Morgan fingerprint density at radius 3 is 2.75 bits per heavy atom. The maximum absolute atomic E-state index is 12.1. The number of halogens is 1. The molecule has 0 fully saturated rings. The van der Waals surface area contributed by atoms with E-state index >= 15 is 0 Å². The molecule has 0 aliphatic carbocycles. The average molecular weight is 390 g/mol. The molecule has 0 saturated heterocycles. The molecule has 6 nitrogen and oxygen atoms in total. The molecular weight excluding hydrogens is 374 g/mol. The highest BCUT2D eigenvalue weighted by atomic mass is 79.9. The van der Waals surface area contributed by atoms with Gasteiger partial charge in [-0.2, -0.15) is 5.10 Å². The normalized spacial score (nSPS) is 10.8. The number of aromatic nitrogens is 3. The standard InChI is InChI=1S/C17H16BrN3O3/c1-11-15-9-12(10-19-16(15)21(2)20-11)17(22)24-8-7-23-14-5-3-13(18)4-6-14/h3-6,9-10H,7-8H2,1-2H3. The molecule has 0 spiro atoms. The lowest BCUT2D eigenvalue weighted by atomic mass is 10.2. The Labute approximate surface area is 147 Å². The van der Waals surface area contributed by atoms with Gasteiger partial charge in [-0.25, -0.2) is 9.78 Å². The summed E-state index contributed by atoms with van der Waals surface area (Å²) in [6.07, 6.45) is 1.50. The van der Waals surface area contributed by atoms with E-state index in [1.165, 1.54) is 6.20 Å². The Kier molecular flexibility index (Phi) is 4.80. The van der Waals surface area contributed by atoms with Gasteiger partial charge in [-0.05, 0) is 37.3 Å². The van der Waals surface area contributed by atoms with Gasteiger partial charge in [0, 0.05) is 23.1 Å². The number of fused-ring (bicyclic) bond motifs is 1. The number of aryl methyl sites for hydroxylation is 2. The lowest BCUT2D eigenvalue weighted by Gasteiger charge is -2.07. The Morgan fingerprint density at radius 1 is 1.25 bits per heavy atom. The minimum absolute atomic E-state index is 0.166. The summed E-state index contributed by atoms with van der Waals surface area (Å²) < 4.78 is 13.4. The van der Waals surface area contributed by atoms with Gasteiger partial charge < -0.3 is 9.47 Å². The summed E-state index contributed by atoms with van der Waals surface area (Å²) in [5, 5.41) is 5.13. The van der Waals surface area contributed by atoms with Crippen LogP contribution < -0.4 is 4.74 Å². The molecule has 0 aliphatic rings. The lowest BCUT2D eigenvalue weighted by molar-refractivity contribution is 0.0450. The van der Waals surface area contributed by atoms with Crippen LogP contribution in [-0.4, -0.2) is 33.9 Å². The first-order valence-corrected chi connectivity index (χ1v) is 8.19. The van der Waals surface area contributed by atoms with Gasteiger partial charge in [0.05, 0.1) is 11.3 Å². The van der Waals surface area contributed by atoms with Crippen molar-refractivity contribution in [1.29, 1.82) is 0 Å². The Morgan fingerprint density at radius 2 is 2.00 bits per heavy atom. The summed E-state index contributed by atoms with van der Waals surface area (Å²) in [6.45, 7) is 2.33. The molecule has 0 atom stereocenters. The molecule has 7 heteroatoms. The van der Waals surface area contributed by atoms with Gasteiger partial charge in [0.25, 0.3) is 0 Å². The van der Waals surface area contributed by atoms with Crippen molar-refractivity contribution in [2.24, 2.45) is 7.05 Å². The van der Waals surface area contributed by atoms with Crippen molar-refractivity contribution >= 4 is 32.9 Å². The van der Waals surface area contributed by atoms with E-state index in [1.807, 2.05) is 38.2 Å². The van der Waals surface area contributed by atoms with Crippen LogP contribution in [-0.2, 0) is 11.8 Å². The van der Waals surface area contributed by atoms with Gasteiger partial charge in [0.1, 0.15) is 19.0 Å². The highest BCUT2D eigenvalue weighted by Gasteiger charge is 2.12. The third-order valence-electron chi connectivity index (χ3n) is 3.50. The quantitative estimate of drug-likeness (QED) is 0.494. The lowest BCUT2D eigenvalue weighted by Crippen LogP contribution is -2.12. The first-order valence-electron chi connectivity index (χ1n) is 7.39. The maximum atomic E-state index is 12.1. The van der Waals surface area contributed by atoms with Gasteiger partial charge in [-0.15, -0.1) is 0 Å². The zero-order valence-corrected chi connectivity index (χ0v) is 14.9. The second-order valence-electron chi connectivity index (χ2n) is 5.24. The summed E-state index contributed by atoms with van der Waals surface area (Å²) >= 11 is 3.36. The van der Waals surface area contributed by atoms with E-state index in [2.05, 4.69) is 26.0 Å². The summed E-state index contributed by atoms with van der Waals surface area (Å²) in [6, 6.07) is 9.21. The van der Waals surface area contributed by atoms with E-state index in [9.17, 15) is 4.79 Å². The number of nitrogens with zero attached hydrogens (tertiary/aromatic N) is 3. The topological polar surface area (TPSA) is 66.2 Å². The van der Waals surface area contributed by atoms with Crippen LogP contribution in [0.25, 0.3) is 11.0 Å². The number of pyridine rings is 1. The van der Waals surface area contributed by atoms with E-state index in [1.54, 1.807) is 10.7 Å². The molecule has 0 saturated carbocycles. The highest BCUT2D eigenvalue weighted by molar-refractivity contribution is 9.10. The highest BCUT2D eigenvalue weighted by Crippen LogP contribution is 2.17. The molecule has 0 bridgehead atoms. The van der Waals surface area contributed by atoms with Crippen LogP contribution in [0.5, 0.6) is 5.75 Å². The van der Waals surface area contributed by atoms with Crippen molar-refractivity contribution in [3.8, 4) is 5.75 Å². The van der Waals surface area contributed by atoms with Gasteiger partial charge >= 0.3 is 5.97 Å². The molecule has 0 aliphatic heterocycles. The van der Waals surface area contributed by atoms with E-state index in [-0.39, 0.29) is 13.2 Å². The molecule has 0 unspecified atom stereocenters. The summed E-state index contributed by atoms with van der Waals surface area (Å²) in [4.78, 5) is 16.4. The molecule has 0 radical (unpaired) electrons. The molecule has 0 N–H and O–H groups in total. The fourth-order valence-electron chi connectivity index (χ4n) is 2.33. The number of ether oxygens (including phenoxy) is 2. The number of rotatable bonds is 5. The van der Waals surface area contributed by atoms with E-state index in [0.29, 0.717) is 5.56 Å². The molecule has 0 amide bonds. The number of benzene rings is 1. The molecule has 3 rings (SSSR count). The van der Waals surface area contributed by atoms with E-state index < -0.39 is 5.97 Å². The molecule has 3 aromatic rings. The number of hydrogen-bond acceptors (Lipinski definition) is 5. The molecule has 2 aromatic heterocycles. The minimum atomic E-state index is -0.424. The molecule has 2 heterocycles. The summed E-state index contributed by atoms with van der Waals surface area (Å²) in [5.41, 5.74) is 1.97. The molecular formula is C17H16BrN3O3. The maximum Gasteiger partial charge on any atom is 0.339 e. The van der Waals surface area contributed by atoms with Crippen LogP contribution >= 0.6 is 15.9 Å². The van der Waals surface area contributed by atoms with Crippen LogP contribution in [0.2, 0.25) is 0 Å². The largest absolute Gasteiger partial charge is 0.490 e. The average Bonchev–Trinajstić information content (AvgIpc) is 2.87. The fourth-order valence-corrected chi connectivity index (χ4v) is 2.59. The first kappa shape index (κ1) is 16.4. The van der Waals surface area contributed by atoms with E-state index in [4.69, 9.17) is 9.47 Å². The van der Waals surface area contributed by atoms with Crippen molar-refractivity contribution in [2.75, 3.05) is 13.2 Å². The van der Waals surface area contributed by atoms with Crippen molar-refractivity contribution in [3.63, 3.8) is 0 Å². The van der Waals surface area contributed by atoms with Crippen molar-refractivity contribution < 1.29 is 14.3 Å². The third kappa shape index (κ3) is 3.56. The van der Waals surface area contributed by atoms with Crippen molar-refractivity contribution in [3.05, 3.63) is 52.3 Å². The third-order valence-corrected chi connectivity index (χ3v) is 4.03. The van der Waals surface area contributed by atoms with Crippen molar-refractivity contribution in [2.45, 2.75) is 6.92 Å². The monoisotopic (exact) mass is 389 g/mol. The zero-order valence-electron chi connectivity index (χ0n) is 13.3. The SMILES string of the molecule is Cc1nn(C)c2ncc(C(=O)OCCOc3ccc(Br)cc3)cc12. The second-order valence-corrected chi connectivity index (χ2v) is 6.16. The van der Waals surface area contributed by atoms with Crippen LogP contribution in [0.3, 0.4) is 0 Å². The minimum Gasteiger partial charge on any atom is -0.490 e. The van der Waals surface area contributed by atoms with Gasteiger partial charge in [0.2, 0.25) is 0 Å². The van der Waals surface area contributed by atoms with Crippen LogP contribution in [0.15, 0.2) is 41.0 Å². The summed E-state index contributed by atoms with van der Waals surface area (Å²) in [7, 11) is 1.82. The fraction of sp³-hybridized carbons (Fsp3) is 0.235. The molecule has 124 valence electrons.